The Labute approximate surface area is 218 Å². The van der Waals surface area contributed by atoms with Gasteiger partial charge in [-0.05, 0) is 56.6 Å². The van der Waals surface area contributed by atoms with Gasteiger partial charge in [0, 0.05) is 75.4 Å². The predicted octanol–water partition coefficient (Wildman–Crippen LogP) is 3.11. The van der Waals surface area contributed by atoms with E-state index in [2.05, 4.69) is 44.0 Å². The van der Waals surface area contributed by atoms with Crippen LogP contribution < -0.4 is 10.1 Å². The second-order valence-corrected chi connectivity index (χ2v) is 10.3. The molecule has 2 aromatic heterocycles. The molecule has 194 valence electrons. The van der Waals surface area contributed by atoms with Crippen molar-refractivity contribution in [3.8, 4) is 17.1 Å². The highest BCUT2D eigenvalue weighted by molar-refractivity contribution is 5.95. The number of likely N-dealkylation sites (N-methyl/N-ethyl adjacent to an activating group) is 1. The molecule has 2 saturated heterocycles. The summed E-state index contributed by atoms with van der Waals surface area (Å²) in [6, 6.07) is 10.3. The van der Waals surface area contributed by atoms with Gasteiger partial charge in [0.2, 0.25) is 5.95 Å². The zero-order valence-electron chi connectivity index (χ0n) is 21.7. The topological polar surface area (TPSA) is 78.8 Å². The fourth-order valence-corrected chi connectivity index (χ4v) is 5.79. The van der Waals surface area contributed by atoms with E-state index in [0.717, 1.165) is 87.7 Å². The maximum Gasteiger partial charge on any atom is 0.253 e. The minimum Gasteiger partial charge on any atom is -0.495 e. The fraction of sp³-hybridized carbons (Fsp3) is 0.464. The molecule has 0 bridgehead atoms. The van der Waals surface area contributed by atoms with E-state index in [4.69, 9.17) is 9.72 Å². The lowest BCUT2D eigenvalue weighted by Crippen LogP contribution is -2.52. The molecule has 2 fully saturated rings. The summed E-state index contributed by atoms with van der Waals surface area (Å²) in [4.78, 5) is 29.6. The zero-order chi connectivity index (χ0) is 25.4. The van der Waals surface area contributed by atoms with Crippen molar-refractivity contribution in [2.75, 3.05) is 58.7 Å². The Morgan fingerprint density at radius 2 is 1.86 bits per heavy atom. The summed E-state index contributed by atoms with van der Waals surface area (Å²) in [7, 11) is 3.81. The van der Waals surface area contributed by atoms with E-state index in [1.807, 2.05) is 35.4 Å². The average Bonchev–Trinajstić information content (AvgIpc) is 3.43. The average molecular weight is 502 g/mol. The first-order chi connectivity index (χ1) is 18.1. The largest absolute Gasteiger partial charge is 0.495 e. The summed E-state index contributed by atoms with van der Waals surface area (Å²) < 4.78 is 7.87. The van der Waals surface area contributed by atoms with Crippen molar-refractivity contribution >= 4 is 17.5 Å². The number of benzene rings is 1. The zero-order valence-corrected chi connectivity index (χ0v) is 21.7. The molecule has 0 saturated carbocycles. The Bertz CT molecular complexity index is 1270. The molecule has 3 aliphatic heterocycles. The molecule has 1 N–H and O–H groups in total. The van der Waals surface area contributed by atoms with Crippen molar-refractivity contribution in [3.05, 3.63) is 53.9 Å². The van der Waals surface area contributed by atoms with Crippen molar-refractivity contribution in [2.24, 2.45) is 0 Å². The van der Waals surface area contributed by atoms with Gasteiger partial charge in [0.1, 0.15) is 5.75 Å². The number of anilines is 2. The Hall–Kier alpha value is -3.43. The van der Waals surface area contributed by atoms with Crippen molar-refractivity contribution in [3.63, 3.8) is 0 Å². The molecule has 6 rings (SSSR count). The minimum absolute atomic E-state index is 0.0625. The van der Waals surface area contributed by atoms with E-state index < -0.39 is 0 Å². The van der Waals surface area contributed by atoms with Gasteiger partial charge in [-0.15, -0.1) is 0 Å². The summed E-state index contributed by atoms with van der Waals surface area (Å²) in [6.07, 6.45) is 6.97. The maximum absolute atomic E-state index is 13.3. The summed E-state index contributed by atoms with van der Waals surface area (Å²) in [6.45, 7) is 7.05. The molecule has 0 radical (unpaired) electrons. The SMILES string of the molecule is COc1cc(C(=O)N2CCC(N3CCN(C)CC3)CC2)ccc1Nc1ncc2c(n1)-c1cccn1CC2. The van der Waals surface area contributed by atoms with Crippen LogP contribution in [-0.4, -0.2) is 94.6 Å². The van der Waals surface area contributed by atoms with Crippen molar-refractivity contribution in [1.29, 1.82) is 0 Å². The molecule has 1 aromatic carbocycles. The molecule has 3 aromatic rings. The van der Waals surface area contributed by atoms with Crippen LogP contribution in [0.15, 0.2) is 42.7 Å². The number of ether oxygens (including phenoxy) is 1. The molecule has 0 spiro atoms. The van der Waals surface area contributed by atoms with Gasteiger partial charge in [-0.2, -0.15) is 0 Å². The summed E-state index contributed by atoms with van der Waals surface area (Å²) in [5.41, 5.74) is 4.60. The number of rotatable bonds is 5. The third-order valence-corrected chi connectivity index (χ3v) is 8.06. The van der Waals surface area contributed by atoms with E-state index in [1.165, 1.54) is 0 Å². The van der Waals surface area contributed by atoms with E-state index in [0.29, 0.717) is 23.3 Å². The van der Waals surface area contributed by atoms with Gasteiger partial charge in [0.25, 0.3) is 5.91 Å². The van der Waals surface area contributed by atoms with Gasteiger partial charge in [0.05, 0.1) is 24.2 Å². The Kier molecular flexibility index (Phi) is 6.56. The number of likely N-dealkylation sites (tertiary alicyclic amines) is 1. The Morgan fingerprint density at radius 1 is 1.05 bits per heavy atom. The quantitative estimate of drug-likeness (QED) is 0.576. The van der Waals surface area contributed by atoms with E-state index >= 15 is 0 Å². The van der Waals surface area contributed by atoms with Crippen LogP contribution in [0.1, 0.15) is 28.8 Å². The lowest BCUT2D eigenvalue weighted by Gasteiger charge is -2.42. The van der Waals surface area contributed by atoms with Crippen LogP contribution in [0.25, 0.3) is 11.4 Å². The molecule has 0 aliphatic carbocycles. The second kappa shape index (κ2) is 10.1. The Morgan fingerprint density at radius 3 is 2.65 bits per heavy atom. The highest BCUT2D eigenvalue weighted by atomic mass is 16.5. The molecule has 0 unspecified atom stereocenters. The second-order valence-electron chi connectivity index (χ2n) is 10.3. The molecule has 9 nitrogen and oxygen atoms in total. The summed E-state index contributed by atoms with van der Waals surface area (Å²) in [5, 5.41) is 3.30. The van der Waals surface area contributed by atoms with Gasteiger partial charge in [0.15, 0.2) is 0 Å². The van der Waals surface area contributed by atoms with Crippen molar-refractivity contribution in [2.45, 2.75) is 31.8 Å². The predicted molar refractivity (Wildman–Crippen MR) is 143 cm³/mol. The molecule has 5 heterocycles. The number of fused-ring (bicyclic) bond motifs is 3. The third kappa shape index (κ3) is 4.81. The molecule has 3 aliphatic rings. The van der Waals surface area contributed by atoms with Gasteiger partial charge < -0.3 is 24.4 Å². The van der Waals surface area contributed by atoms with Crippen LogP contribution in [0.4, 0.5) is 11.6 Å². The van der Waals surface area contributed by atoms with E-state index in [9.17, 15) is 4.79 Å². The molecular weight excluding hydrogens is 466 g/mol. The summed E-state index contributed by atoms with van der Waals surface area (Å²) in [5.74, 6) is 1.17. The standard InChI is InChI=1S/C28H35N7O2/c1-32-14-16-33(17-15-32)22-8-12-35(13-9-22)27(36)20-5-6-23(25(18-20)37-2)30-28-29-19-21-7-11-34-10-3-4-24(34)26(21)31-28/h3-6,10,18-19,22H,7-9,11-17H2,1-2H3,(H,29,30,31). The monoisotopic (exact) mass is 501 g/mol. The van der Waals surface area contributed by atoms with Gasteiger partial charge >= 0.3 is 0 Å². The molecule has 9 heteroatoms. The first-order valence-electron chi connectivity index (χ1n) is 13.3. The first kappa shape index (κ1) is 23.9. The van der Waals surface area contributed by atoms with E-state index in [1.54, 1.807) is 7.11 Å². The third-order valence-electron chi connectivity index (χ3n) is 8.06. The number of aromatic nitrogens is 3. The molecular formula is C28H35N7O2. The van der Waals surface area contributed by atoms with Gasteiger partial charge in [-0.25, -0.2) is 9.97 Å². The Balaban J connectivity index is 1.13. The number of carbonyl (C=O) groups is 1. The molecule has 37 heavy (non-hydrogen) atoms. The number of methoxy groups -OCH3 is 1. The number of aryl methyl sites for hydroxylation is 2. The van der Waals surface area contributed by atoms with Gasteiger partial charge in [-0.3, -0.25) is 9.69 Å². The lowest BCUT2D eigenvalue weighted by atomic mass is 10.0. The first-order valence-corrected chi connectivity index (χ1v) is 13.3. The molecule has 1 amide bonds. The van der Waals surface area contributed by atoms with Crippen LogP contribution in [0.5, 0.6) is 5.75 Å². The van der Waals surface area contributed by atoms with Crippen LogP contribution in [0, 0.1) is 0 Å². The highest BCUT2D eigenvalue weighted by Crippen LogP contribution is 2.32. The number of hydrogen-bond acceptors (Lipinski definition) is 7. The van der Waals surface area contributed by atoms with Crippen LogP contribution >= 0.6 is 0 Å². The number of piperidine rings is 1. The molecule has 0 atom stereocenters. The van der Waals surface area contributed by atoms with Crippen molar-refractivity contribution in [1.82, 2.24) is 29.2 Å². The number of carbonyl (C=O) groups excluding carboxylic acids is 1. The minimum atomic E-state index is 0.0625. The number of hydrogen-bond donors (Lipinski definition) is 1. The van der Waals surface area contributed by atoms with E-state index in [-0.39, 0.29) is 5.91 Å². The lowest BCUT2D eigenvalue weighted by molar-refractivity contribution is 0.0518. The normalized spacial score (nSPS) is 18.8. The number of nitrogens with one attached hydrogen (secondary N) is 1. The van der Waals surface area contributed by atoms with Crippen LogP contribution in [0.3, 0.4) is 0 Å². The fourth-order valence-electron chi connectivity index (χ4n) is 5.79. The smallest absolute Gasteiger partial charge is 0.253 e. The van der Waals surface area contributed by atoms with Crippen molar-refractivity contribution < 1.29 is 9.53 Å². The van der Waals surface area contributed by atoms with Crippen LogP contribution in [-0.2, 0) is 13.0 Å². The summed E-state index contributed by atoms with van der Waals surface area (Å²) >= 11 is 0. The van der Waals surface area contributed by atoms with Gasteiger partial charge in [-0.1, -0.05) is 0 Å². The number of nitrogens with zero attached hydrogens (tertiary/aromatic N) is 6. The number of amides is 1. The highest BCUT2D eigenvalue weighted by Gasteiger charge is 2.29. The maximum atomic E-state index is 13.3. The number of piperazine rings is 1. The van der Waals surface area contributed by atoms with Crippen LogP contribution in [0.2, 0.25) is 0 Å².